The molecule has 27 heavy (non-hydrogen) atoms. The van der Waals surface area contributed by atoms with Gasteiger partial charge in [0.2, 0.25) is 5.76 Å². The van der Waals surface area contributed by atoms with E-state index in [9.17, 15) is 9.59 Å². The highest BCUT2D eigenvalue weighted by Crippen LogP contribution is 2.20. The van der Waals surface area contributed by atoms with E-state index >= 15 is 0 Å². The van der Waals surface area contributed by atoms with Gasteiger partial charge in [-0.1, -0.05) is 35.0 Å². The van der Waals surface area contributed by atoms with Crippen molar-refractivity contribution in [1.82, 2.24) is 5.16 Å². The van der Waals surface area contributed by atoms with Crippen LogP contribution in [0.3, 0.4) is 0 Å². The van der Waals surface area contributed by atoms with E-state index in [0.29, 0.717) is 23.6 Å². The maximum Gasteiger partial charge on any atom is 0.377 e. The first-order valence-electron chi connectivity index (χ1n) is 8.53. The molecule has 0 saturated heterocycles. The van der Waals surface area contributed by atoms with Crippen LogP contribution < -0.4 is 4.74 Å². The van der Waals surface area contributed by atoms with Crippen LogP contribution in [0.15, 0.2) is 59.1 Å². The second-order valence-electron chi connectivity index (χ2n) is 5.90. The van der Waals surface area contributed by atoms with E-state index in [-0.39, 0.29) is 18.2 Å². The Bertz CT molecular complexity index is 926. The molecule has 0 bridgehead atoms. The fraction of sp³-hybridized carbons (Fsp3) is 0.190. The summed E-state index contributed by atoms with van der Waals surface area (Å²) in [4.78, 5) is 24.2. The first-order valence-corrected chi connectivity index (χ1v) is 8.53. The van der Waals surface area contributed by atoms with Gasteiger partial charge < -0.3 is 14.0 Å². The molecule has 1 heterocycles. The number of hydrogen-bond donors (Lipinski definition) is 0. The molecule has 0 saturated carbocycles. The Balaban J connectivity index is 1.59. The zero-order chi connectivity index (χ0) is 19.2. The Morgan fingerprint density at radius 2 is 1.74 bits per heavy atom. The molecule has 3 aromatic rings. The molecule has 0 spiro atoms. The topological polar surface area (TPSA) is 78.6 Å². The largest absolute Gasteiger partial charge is 0.494 e. The second-order valence-corrected chi connectivity index (χ2v) is 5.90. The monoisotopic (exact) mass is 365 g/mol. The molecule has 3 rings (SSSR count). The number of benzene rings is 2. The van der Waals surface area contributed by atoms with E-state index in [1.165, 1.54) is 6.07 Å². The predicted molar refractivity (Wildman–Crippen MR) is 98.9 cm³/mol. The maximum absolute atomic E-state index is 12.1. The fourth-order valence-corrected chi connectivity index (χ4v) is 2.42. The Kier molecular flexibility index (Phi) is 5.66. The highest BCUT2D eigenvalue weighted by Gasteiger charge is 2.17. The summed E-state index contributed by atoms with van der Waals surface area (Å²) in [6.45, 7) is 4.03. The van der Waals surface area contributed by atoms with Crippen LogP contribution in [-0.2, 0) is 4.74 Å². The lowest BCUT2D eigenvalue weighted by molar-refractivity contribution is 0.0435. The molecule has 0 aliphatic heterocycles. The van der Waals surface area contributed by atoms with E-state index in [4.69, 9.17) is 14.0 Å². The number of Topliss-reactive ketones (excluding diaryl/α,β-unsaturated/α-hetero) is 1. The van der Waals surface area contributed by atoms with Crippen molar-refractivity contribution in [2.45, 2.75) is 13.8 Å². The third kappa shape index (κ3) is 4.61. The number of aryl methyl sites for hydroxylation is 1. The van der Waals surface area contributed by atoms with Crippen molar-refractivity contribution in [2.75, 3.05) is 13.2 Å². The molecular formula is C21H19NO5. The molecule has 0 N–H and O–H groups in total. The van der Waals surface area contributed by atoms with Crippen LogP contribution in [-0.4, -0.2) is 30.1 Å². The minimum absolute atomic E-state index is 0.0509. The van der Waals surface area contributed by atoms with Crippen molar-refractivity contribution in [3.05, 3.63) is 71.5 Å². The van der Waals surface area contributed by atoms with Gasteiger partial charge in [-0.2, -0.15) is 0 Å². The normalized spacial score (nSPS) is 10.4. The molecule has 2 aromatic carbocycles. The average molecular weight is 365 g/mol. The number of ether oxygens (including phenoxy) is 2. The molecule has 0 aliphatic carbocycles. The van der Waals surface area contributed by atoms with Crippen LogP contribution in [0.1, 0.15) is 33.4 Å². The van der Waals surface area contributed by atoms with Gasteiger partial charge in [-0.05, 0) is 38.1 Å². The first kappa shape index (κ1) is 18.4. The summed E-state index contributed by atoms with van der Waals surface area (Å²) < 4.78 is 15.4. The van der Waals surface area contributed by atoms with Crippen LogP contribution in [0.4, 0.5) is 0 Å². The summed E-state index contributed by atoms with van der Waals surface area (Å²) in [5.41, 5.74) is 2.91. The van der Waals surface area contributed by atoms with Crippen molar-refractivity contribution in [2.24, 2.45) is 0 Å². The molecule has 0 unspecified atom stereocenters. The van der Waals surface area contributed by atoms with E-state index in [1.54, 1.807) is 24.3 Å². The van der Waals surface area contributed by atoms with E-state index in [2.05, 4.69) is 5.16 Å². The highest BCUT2D eigenvalue weighted by molar-refractivity contribution is 5.99. The van der Waals surface area contributed by atoms with Gasteiger partial charge in [0.05, 0.1) is 6.61 Å². The van der Waals surface area contributed by atoms with Crippen molar-refractivity contribution in [3.63, 3.8) is 0 Å². The standard InChI is InChI=1S/C21H19NO5/c1-3-25-17-10-8-16(9-11-17)19(23)13-26-21(24)20-12-18(22-27-20)15-6-4-14(2)5-7-15/h4-12H,3,13H2,1-2H3. The Morgan fingerprint density at radius 3 is 2.41 bits per heavy atom. The Labute approximate surface area is 156 Å². The summed E-state index contributed by atoms with van der Waals surface area (Å²) in [7, 11) is 0. The summed E-state index contributed by atoms with van der Waals surface area (Å²) in [6.07, 6.45) is 0. The lowest BCUT2D eigenvalue weighted by atomic mass is 10.1. The molecule has 0 aliphatic rings. The number of nitrogens with zero attached hydrogens (tertiary/aromatic N) is 1. The van der Waals surface area contributed by atoms with Crippen LogP contribution in [0.2, 0.25) is 0 Å². The van der Waals surface area contributed by atoms with Crippen LogP contribution in [0.5, 0.6) is 5.75 Å². The van der Waals surface area contributed by atoms with Crippen LogP contribution in [0, 0.1) is 6.92 Å². The smallest absolute Gasteiger partial charge is 0.377 e. The molecule has 0 radical (unpaired) electrons. The summed E-state index contributed by atoms with van der Waals surface area (Å²) >= 11 is 0. The molecule has 0 amide bonds. The number of esters is 1. The Morgan fingerprint density at radius 1 is 1.04 bits per heavy atom. The zero-order valence-electron chi connectivity index (χ0n) is 15.1. The van der Waals surface area contributed by atoms with Gasteiger partial charge in [0.1, 0.15) is 11.4 Å². The van der Waals surface area contributed by atoms with Gasteiger partial charge in [-0.25, -0.2) is 4.79 Å². The quantitative estimate of drug-likeness (QED) is 0.463. The number of rotatable bonds is 7. The maximum atomic E-state index is 12.1. The number of carbonyl (C=O) groups is 2. The van der Waals surface area contributed by atoms with Crippen molar-refractivity contribution >= 4 is 11.8 Å². The summed E-state index contributed by atoms with van der Waals surface area (Å²) in [5, 5.41) is 3.87. The number of carbonyl (C=O) groups excluding carboxylic acids is 2. The number of ketones is 1. The molecule has 6 nitrogen and oxygen atoms in total. The van der Waals surface area contributed by atoms with Gasteiger partial charge in [0.15, 0.2) is 12.4 Å². The lowest BCUT2D eigenvalue weighted by Gasteiger charge is -2.05. The van der Waals surface area contributed by atoms with Gasteiger partial charge in [-0.3, -0.25) is 4.79 Å². The molecular weight excluding hydrogens is 346 g/mol. The fourth-order valence-electron chi connectivity index (χ4n) is 2.42. The summed E-state index contributed by atoms with van der Waals surface area (Å²) in [5.74, 6) is -0.425. The molecule has 0 atom stereocenters. The average Bonchev–Trinajstić information content (AvgIpc) is 3.17. The van der Waals surface area contributed by atoms with Gasteiger partial charge in [0.25, 0.3) is 0 Å². The third-order valence-corrected chi connectivity index (χ3v) is 3.88. The molecule has 6 heteroatoms. The first-order chi connectivity index (χ1) is 13.1. The van der Waals surface area contributed by atoms with Gasteiger partial charge in [-0.15, -0.1) is 0 Å². The lowest BCUT2D eigenvalue weighted by Crippen LogP contribution is -2.13. The Hall–Kier alpha value is -3.41. The van der Waals surface area contributed by atoms with E-state index < -0.39 is 5.97 Å². The van der Waals surface area contributed by atoms with Gasteiger partial charge in [0, 0.05) is 17.2 Å². The van der Waals surface area contributed by atoms with Crippen LogP contribution >= 0.6 is 0 Å². The predicted octanol–water partition coefficient (Wildman–Crippen LogP) is 4.09. The minimum atomic E-state index is -0.736. The van der Waals surface area contributed by atoms with Crippen molar-refractivity contribution in [3.8, 4) is 17.0 Å². The van der Waals surface area contributed by atoms with Gasteiger partial charge >= 0.3 is 5.97 Å². The molecule has 0 fully saturated rings. The van der Waals surface area contributed by atoms with E-state index in [0.717, 1.165) is 11.1 Å². The SMILES string of the molecule is CCOc1ccc(C(=O)COC(=O)c2cc(-c3ccc(C)cc3)no2)cc1. The number of aromatic nitrogens is 1. The van der Waals surface area contributed by atoms with Crippen molar-refractivity contribution in [1.29, 1.82) is 0 Å². The summed E-state index contributed by atoms with van der Waals surface area (Å²) in [6, 6.07) is 15.8. The van der Waals surface area contributed by atoms with E-state index in [1.807, 2.05) is 38.1 Å². The van der Waals surface area contributed by atoms with Crippen LogP contribution in [0.25, 0.3) is 11.3 Å². The highest BCUT2D eigenvalue weighted by atomic mass is 16.6. The molecule has 138 valence electrons. The zero-order valence-corrected chi connectivity index (χ0v) is 15.1. The molecule has 1 aromatic heterocycles. The number of hydrogen-bond acceptors (Lipinski definition) is 6. The third-order valence-electron chi connectivity index (χ3n) is 3.88. The second kappa shape index (κ2) is 8.31. The van der Waals surface area contributed by atoms with Crippen molar-refractivity contribution < 1.29 is 23.6 Å². The minimum Gasteiger partial charge on any atom is -0.494 e.